The number of methoxy groups -OCH3 is 1. The van der Waals surface area contributed by atoms with Gasteiger partial charge in [-0.2, -0.15) is 0 Å². The Bertz CT molecular complexity index is 350. The number of ether oxygens (including phenoxy) is 1. The number of ketones is 1. The lowest BCUT2D eigenvalue weighted by Gasteiger charge is -2.09. The molecule has 1 rings (SSSR count). The molecule has 3 nitrogen and oxygen atoms in total. The Balaban J connectivity index is 3.38. The molecule has 0 aliphatic rings. The second-order valence-corrected chi connectivity index (χ2v) is 3.68. The maximum Gasteiger partial charge on any atom is 0.163 e. The molecule has 0 unspecified atom stereocenters. The molecule has 70 valence electrons. The molecule has 0 aliphatic carbocycles. The standard InChI is InChI=1S/C9H10INO2/c1-5(12)6-3-4-7(11)8(10)9(6)13-2/h3-4H,11H2,1-2H3. The van der Waals surface area contributed by atoms with Crippen LogP contribution in [0.3, 0.4) is 0 Å². The zero-order chi connectivity index (χ0) is 10.0. The summed E-state index contributed by atoms with van der Waals surface area (Å²) in [4.78, 5) is 11.2. The summed E-state index contributed by atoms with van der Waals surface area (Å²) in [7, 11) is 1.53. The number of anilines is 1. The van der Waals surface area contributed by atoms with Crippen molar-refractivity contribution in [1.82, 2.24) is 0 Å². The Labute approximate surface area is 90.4 Å². The van der Waals surface area contributed by atoms with Gasteiger partial charge >= 0.3 is 0 Å². The minimum absolute atomic E-state index is 0.0187. The fourth-order valence-corrected chi connectivity index (χ4v) is 1.74. The largest absolute Gasteiger partial charge is 0.495 e. The third-order valence-electron chi connectivity index (χ3n) is 1.71. The van der Waals surface area contributed by atoms with Crippen molar-refractivity contribution in [1.29, 1.82) is 0 Å². The summed E-state index contributed by atoms with van der Waals surface area (Å²) < 4.78 is 5.89. The van der Waals surface area contributed by atoms with Crippen molar-refractivity contribution in [2.45, 2.75) is 6.92 Å². The number of rotatable bonds is 2. The van der Waals surface area contributed by atoms with Gasteiger partial charge in [0, 0.05) is 5.69 Å². The number of Topliss-reactive ketones (excluding diaryl/α,β-unsaturated/α-hetero) is 1. The van der Waals surface area contributed by atoms with Gasteiger partial charge in [0.2, 0.25) is 0 Å². The van der Waals surface area contributed by atoms with Crippen LogP contribution in [0, 0.1) is 3.57 Å². The van der Waals surface area contributed by atoms with E-state index in [1.807, 2.05) is 0 Å². The van der Waals surface area contributed by atoms with Crippen LogP contribution in [0.2, 0.25) is 0 Å². The summed E-state index contributed by atoms with van der Waals surface area (Å²) in [6.45, 7) is 1.50. The molecule has 0 bridgehead atoms. The van der Waals surface area contributed by atoms with Gasteiger partial charge in [0.25, 0.3) is 0 Å². The van der Waals surface area contributed by atoms with Gasteiger partial charge in [-0.3, -0.25) is 4.79 Å². The minimum atomic E-state index is -0.0187. The van der Waals surface area contributed by atoms with E-state index in [0.717, 1.165) is 3.57 Å². The Morgan fingerprint density at radius 3 is 2.62 bits per heavy atom. The van der Waals surface area contributed by atoms with Crippen LogP contribution in [0.4, 0.5) is 5.69 Å². The van der Waals surface area contributed by atoms with Crippen LogP contribution in [0.25, 0.3) is 0 Å². The lowest BCUT2D eigenvalue weighted by atomic mass is 10.1. The highest BCUT2D eigenvalue weighted by Crippen LogP contribution is 2.30. The van der Waals surface area contributed by atoms with Crippen molar-refractivity contribution >= 4 is 34.1 Å². The first-order valence-corrected chi connectivity index (χ1v) is 4.78. The van der Waals surface area contributed by atoms with E-state index < -0.39 is 0 Å². The number of nitrogens with two attached hydrogens (primary N) is 1. The second kappa shape index (κ2) is 3.95. The molecule has 0 amide bonds. The molecule has 0 heterocycles. The van der Waals surface area contributed by atoms with E-state index in [4.69, 9.17) is 10.5 Å². The van der Waals surface area contributed by atoms with Gasteiger partial charge in [-0.1, -0.05) is 0 Å². The van der Waals surface area contributed by atoms with E-state index in [-0.39, 0.29) is 5.78 Å². The van der Waals surface area contributed by atoms with E-state index in [1.165, 1.54) is 14.0 Å². The van der Waals surface area contributed by atoms with Crippen molar-refractivity contribution in [3.63, 3.8) is 0 Å². The van der Waals surface area contributed by atoms with E-state index in [2.05, 4.69) is 22.6 Å². The van der Waals surface area contributed by atoms with E-state index in [0.29, 0.717) is 17.0 Å². The number of halogens is 1. The zero-order valence-corrected chi connectivity index (χ0v) is 9.58. The van der Waals surface area contributed by atoms with E-state index in [9.17, 15) is 4.79 Å². The molecule has 0 saturated carbocycles. The van der Waals surface area contributed by atoms with Gasteiger partial charge in [-0.25, -0.2) is 0 Å². The number of carbonyl (C=O) groups is 1. The Morgan fingerprint density at radius 2 is 2.15 bits per heavy atom. The number of hydrogen-bond acceptors (Lipinski definition) is 3. The van der Waals surface area contributed by atoms with Crippen LogP contribution < -0.4 is 10.5 Å². The van der Waals surface area contributed by atoms with Gasteiger partial charge in [0.05, 0.1) is 16.2 Å². The first-order chi connectivity index (χ1) is 6.07. The first kappa shape index (κ1) is 10.3. The number of nitrogen functional groups attached to an aromatic ring is 1. The summed E-state index contributed by atoms with van der Waals surface area (Å²) in [5.74, 6) is 0.544. The fourth-order valence-electron chi connectivity index (χ4n) is 1.05. The zero-order valence-electron chi connectivity index (χ0n) is 7.43. The van der Waals surface area contributed by atoms with Crippen LogP contribution in [0.5, 0.6) is 5.75 Å². The van der Waals surface area contributed by atoms with Crippen LogP contribution >= 0.6 is 22.6 Å². The normalized spacial score (nSPS) is 9.77. The summed E-state index contributed by atoms with van der Waals surface area (Å²) in [6, 6.07) is 3.39. The van der Waals surface area contributed by atoms with Crippen LogP contribution in [-0.4, -0.2) is 12.9 Å². The third-order valence-corrected chi connectivity index (χ3v) is 2.82. The molecular weight excluding hydrogens is 281 g/mol. The Kier molecular flexibility index (Phi) is 3.13. The van der Waals surface area contributed by atoms with Gasteiger partial charge < -0.3 is 10.5 Å². The molecule has 0 fully saturated rings. The summed E-state index contributed by atoms with van der Waals surface area (Å²) >= 11 is 2.06. The molecule has 0 radical (unpaired) electrons. The maximum absolute atomic E-state index is 11.2. The monoisotopic (exact) mass is 291 g/mol. The topological polar surface area (TPSA) is 52.3 Å². The van der Waals surface area contributed by atoms with Gasteiger partial charge in [0.1, 0.15) is 5.75 Å². The van der Waals surface area contributed by atoms with Crippen LogP contribution in [0.1, 0.15) is 17.3 Å². The molecule has 0 atom stereocenters. The Morgan fingerprint density at radius 1 is 1.54 bits per heavy atom. The molecule has 0 aliphatic heterocycles. The van der Waals surface area contributed by atoms with Crippen LogP contribution in [-0.2, 0) is 0 Å². The van der Waals surface area contributed by atoms with Gasteiger partial charge in [-0.15, -0.1) is 0 Å². The highest BCUT2D eigenvalue weighted by molar-refractivity contribution is 14.1. The first-order valence-electron chi connectivity index (χ1n) is 3.70. The molecule has 0 saturated heterocycles. The molecule has 4 heteroatoms. The summed E-state index contributed by atoms with van der Waals surface area (Å²) in [5, 5.41) is 0. The molecule has 0 aromatic heterocycles. The van der Waals surface area contributed by atoms with Crippen molar-refractivity contribution in [3.05, 3.63) is 21.3 Å². The van der Waals surface area contributed by atoms with E-state index >= 15 is 0 Å². The molecule has 2 N–H and O–H groups in total. The van der Waals surface area contributed by atoms with Crippen molar-refractivity contribution in [2.24, 2.45) is 0 Å². The average molecular weight is 291 g/mol. The van der Waals surface area contributed by atoms with Gasteiger partial charge in [0.15, 0.2) is 5.78 Å². The van der Waals surface area contributed by atoms with E-state index in [1.54, 1.807) is 12.1 Å². The lowest BCUT2D eigenvalue weighted by molar-refractivity contribution is 0.101. The second-order valence-electron chi connectivity index (χ2n) is 2.61. The predicted molar refractivity (Wildman–Crippen MR) is 60.1 cm³/mol. The SMILES string of the molecule is COc1c(C(C)=O)ccc(N)c1I. The lowest BCUT2D eigenvalue weighted by Crippen LogP contribution is -2.02. The molecule has 0 spiro atoms. The van der Waals surface area contributed by atoms with Crippen molar-refractivity contribution < 1.29 is 9.53 Å². The third kappa shape index (κ3) is 1.93. The maximum atomic E-state index is 11.2. The molecule has 1 aromatic carbocycles. The Hall–Kier alpha value is -0.780. The average Bonchev–Trinajstić information content (AvgIpc) is 2.09. The van der Waals surface area contributed by atoms with Crippen molar-refractivity contribution in [2.75, 3.05) is 12.8 Å². The minimum Gasteiger partial charge on any atom is -0.495 e. The molecule has 1 aromatic rings. The number of benzene rings is 1. The number of carbonyl (C=O) groups excluding carboxylic acids is 1. The molecule has 13 heavy (non-hydrogen) atoms. The van der Waals surface area contributed by atoms with Gasteiger partial charge in [-0.05, 0) is 41.6 Å². The quantitative estimate of drug-likeness (QED) is 0.515. The van der Waals surface area contributed by atoms with Crippen LogP contribution in [0.15, 0.2) is 12.1 Å². The highest BCUT2D eigenvalue weighted by Gasteiger charge is 2.12. The summed E-state index contributed by atoms with van der Waals surface area (Å²) in [6.07, 6.45) is 0. The predicted octanol–water partition coefficient (Wildman–Crippen LogP) is 2.08. The number of hydrogen-bond donors (Lipinski definition) is 1. The fraction of sp³-hybridized carbons (Fsp3) is 0.222. The highest BCUT2D eigenvalue weighted by atomic mass is 127. The smallest absolute Gasteiger partial charge is 0.163 e. The van der Waals surface area contributed by atoms with Crippen molar-refractivity contribution in [3.8, 4) is 5.75 Å². The molecular formula is C9H10INO2. The summed E-state index contributed by atoms with van der Waals surface area (Å²) in [5.41, 5.74) is 6.86.